The Bertz CT molecular complexity index is 866. The summed E-state index contributed by atoms with van der Waals surface area (Å²) in [4.78, 5) is 8.27. The number of halogens is 6. The van der Waals surface area contributed by atoms with Crippen LogP contribution < -0.4 is 0 Å². The standard InChI is InChI=1S/C18H21F6N5.C3H6/c1-11-14-10-13(18(22,23)24)4-5-15(14)25-16(28-8-6-27(3)7-9-28)29(11)26-12(2)17(19,20)21;1-3-2/h4-5,10-11H,6-9H2,1-3H3;3H,1H2,2H3/b26-12+;. The number of likely N-dealkylation sites (N-methyl/N-ethyl adjacent to an activating group) is 1. The van der Waals surface area contributed by atoms with Crippen LogP contribution in [0.25, 0.3) is 0 Å². The highest BCUT2D eigenvalue weighted by Gasteiger charge is 2.38. The molecule has 1 saturated heterocycles. The molecule has 1 aromatic carbocycles. The van der Waals surface area contributed by atoms with Crippen molar-refractivity contribution in [2.45, 2.75) is 39.2 Å². The molecule has 0 N–H and O–H groups in total. The van der Waals surface area contributed by atoms with Gasteiger partial charge >= 0.3 is 12.4 Å². The first-order valence-electron chi connectivity index (χ1n) is 10.0. The molecular weight excluding hydrogens is 436 g/mol. The Hall–Kier alpha value is -2.56. The summed E-state index contributed by atoms with van der Waals surface area (Å²) in [5.74, 6) is 0.210. The molecule has 0 aliphatic carbocycles. The number of nitrogens with zero attached hydrogens (tertiary/aromatic N) is 5. The van der Waals surface area contributed by atoms with Crippen molar-refractivity contribution in [3.05, 3.63) is 42.0 Å². The van der Waals surface area contributed by atoms with E-state index in [-0.39, 0.29) is 11.5 Å². The zero-order chi connectivity index (χ0) is 24.3. The van der Waals surface area contributed by atoms with E-state index in [9.17, 15) is 26.3 Å². The Labute approximate surface area is 183 Å². The largest absolute Gasteiger partial charge is 0.430 e. The van der Waals surface area contributed by atoms with Crippen molar-refractivity contribution in [3.8, 4) is 0 Å². The molecule has 2 heterocycles. The second-order valence-electron chi connectivity index (χ2n) is 7.59. The topological polar surface area (TPSA) is 34.4 Å². The number of guanidine groups is 1. The van der Waals surface area contributed by atoms with Gasteiger partial charge in [-0.15, -0.1) is 6.58 Å². The van der Waals surface area contributed by atoms with Gasteiger partial charge in [0, 0.05) is 31.7 Å². The Kier molecular flexibility index (Phi) is 7.97. The number of fused-ring (bicyclic) bond motifs is 1. The fourth-order valence-corrected chi connectivity index (χ4v) is 3.20. The number of rotatable bonds is 1. The number of alkyl halides is 6. The van der Waals surface area contributed by atoms with E-state index >= 15 is 0 Å². The Morgan fingerprint density at radius 3 is 2.19 bits per heavy atom. The summed E-state index contributed by atoms with van der Waals surface area (Å²) in [5, 5.41) is 4.79. The number of aliphatic imine (C=N–C) groups is 1. The third-order valence-electron chi connectivity index (χ3n) is 5.05. The molecule has 1 fully saturated rings. The molecule has 0 aromatic heterocycles. The average molecular weight is 463 g/mol. The minimum absolute atomic E-state index is 0.177. The Morgan fingerprint density at radius 2 is 1.69 bits per heavy atom. The van der Waals surface area contributed by atoms with Gasteiger partial charge in [-0.3, -0.25) is 0 Å². The zero-order valence-electron chi connectivity index (χ0n) is 18.4. The van der Waals surface area contributed by atoms with E-state index in [1.807, 2.05) is 18.9 Å². The molecule has 1 aromatic rings. The molecule has 3 rings (SSSR count). The third kappa shape index (κ3) is 6.02. The summed E-state index contributed by atoms with van der Waals surface area (Å²) < 4.78 is 78.6. The maximum atomic E-state index is 13.1. The van der Waals surface area contributed by atoms with Gasteiger partial charge in [0.05, 0.1) is 17.3 Å². The van der Waals surface area contributed by atoms with Crippen LogP contribution in [-0.4, -0.2) is 65.9 Å². The van der Waals surface area contributed by atoms with Crippen molar-refractivity contribution >= 4 is 17.4 Å². The lowest BCUT2D eigenvalue weighted by atomic mass is 10.0. The second-order valence-corrected chi connectivity index (χ2v) is 7.59. The second kappa shape index (κ2) is 9.93. The lowest BCUT2D eigenvalue weighted by molar-refractivity contribution is -0.137. The molecule has 0 saturated carbocycles. The van der Waals surface area contributed by atoms with Gasteiger partial charge in [0.1, 0.15) is 5.71 Å². The van der Waals surface area contributed by atoms with Crippen molar-refractivity contribution in [2.24, 2.45) is 10.1 Å². The molecule has 0 bridgehead atoms. The van der Waals surface area contributed by atoms with Gasteiger partial charge in [-0.1, -0.05) is 6.08 Å². The molecule has 2 aliphatic rings. The van der Waals surface area contributed by atoms with Crippen LogP contribution in [0.1, 0.15) is 37.9 Å². The molecule has 0 amide bonds. The molecule has 1 unspecified atom stereocenters. The van der Waals surface area contributed by atoms with Crippen LogP contribution in [0.5, 0.6) is 0 Å². The van der Waals surface area contributed by atoms with Crippen molar-refractivity contribution in [2.75, 3.05) is 33.2 Å². The first-order chi connectivity index (χ1) is 14.8. The first-order valence-corrected chi connectivity index (χ1v) is 10.0. The molecule has 1 atom stereocenters. The smallest absolute Gasteiger partial charge is 0.338 e. The van der Waals surface area contributed by atoms with Crippen LogP contribution in [0.2, 0.25) is 0 Å². The molecule has 178 valence electrons. The van der Waals surface area contributed by atoms with E-state index in [2.05, 4.69) is 21.6 Å². The van der Waals surface area contributed by atoms with Crippen LogP contribution in [0.15, 0.2) is 40.9 Å². The normalized spacial score (nSPS) is 20.2. The SMILES string of the molecule is C/C(=N\N1C(N2CCN(C)CC2)=Nc2ccc(C(F)(F)F)cc2C1C)C(F)(F)F.C=CC. The van der Waals surface area contributed by atoms with Gasteiger partial charge in [-0.2, -0.15) is 31.4 Å². The summed E-state index contributed by atoms with van der Waals surface area (Å²) in [7, 11) is 1.93. The minimum Gasteiger partial charge on any atom is -0.338 e. The fraction of sp³-hybridized carbons (Fsp3) is 0.524. The molecule has 0 radical (unpaired) electrons. The predicted octanol–water partition coefficient (Wildman–Crippen LogP) is 5.45. The van der Waals surface area contributed by atoms with Crippen molar-refractivity contribution in [1.82, 2.24) is 14.8 Å². The fourth-order valence-electron chi connectivity index (χ4n) is 3.20. The lowest BCUT2D eigenvalue weighted by Gasteiger charge is -2.41. The van der Waals surface area contributed by atoms with Gasteiger partial charge < -0.3 is 9.80 Å². The van der Waals surface area contributed by atoms with Gasteiger partial charge in [-0.05, 0) is 46.0 Å². The highest BCUT2D eigenvalue weighted by atomic mass is 19.4. The quantitative estimate of drug-likeness (QED) is 0.316. The zero-order valence-corrected chi connectivity index (χ0v) is 18.4. The Morgan fingerprint density at radius 1 is 1.12 bits per heavy atom. The summed E-state index contributed by atoms with van der Waals surface area (Å²) in [6.45, 7) is 10.0. The highest BCUT2D eigenvalue weighted by molar-refractivity contribution is 5.91. The van der Waals surface area contributed by atoms with E-state index in [0.29, 0.717) is 31.9 Å². The van der Waals surface area contributed by atoms with E-state index in [4.69, 9.17) is 0 Å². The van der Waals surface area contributed by atoms with E-state index in [0.717, 1.165) is 24.1 Å². The maximum Gasteiger partial charge on any atom is 0.430 e. The monoisotopic (exact) mass is 463 g/mol. The van der Waals surface area contributed by atoms with E-state index in [1.165, 1.54) is 13.0 Å². The van der Waals surface area contributed by atoms with Gasteiger partial charge in [0.25, 0.3) is 0 Å². The van der Waals surface area contributed by atoms with Gasteiger partial charge in [0.2, 0.25) is 5.96 Å². The van der Waals surface area contributed by atoms with Gasteiger partial charge in [0.15, 0.2) is 0 Å². The van der Waals surface area contributed by atoms with Crippen LogP contribution in [-0.2, 0) is 6.18 Å². The maximum absolute atomic E-state index is 13.1. The average Bonchev–Trinajstić information content (AvgIpc) is 2.69. The molecular formula is C21H27F6N5. The van der Waals surface area contributed by atoms with E-state index < -0.39 is 29.7 Å². The lowest BCUT2D eigenvalue weighted by Crippen LogP contribution is -2.53. The van der Waals surface area contributed by atoms with E-state index in [1.54, 1.807) is 6.08 Å². The van der Waals surface area contributed by atoms with Crippen LogP contribution in [0, 0.1) is 0 Å². The minimum atomic E-state index is -4.65. The predicted molar refractivity (Wildman–Crippen MR) is 113 cm³/mol. The summed E-state index contributed by atoms with van der Waals surface area (Å²) in [6.07, 6.45) is -7.47. The number of hydrogen-bond donors (Lipinski definition) is 0. The number of hydrogen-bond acceptors (Lipinski definition) is 5. The summed E-state index contributed by atoms with van der Waals surface area (Å²) in [6, 6.07) is 2.26. The first kappa shape index (κ1) is 25.7. The highest BCUT2D eigenvalue weighted by Crippen LogP contribution is 2.40. The van der Waals surface area contributed by atoms with Crippen LogP contribution in [0.4, 0.5) is 32.0 Å². The molecule has 2 aliphatic heterocycles. The number of allylic oxidation sites excluding steroid dienone is 1. The molecule has 5 nitrogen and oxygen atoms in total. The van der Waals surface area contributed by atoms with Crippen LogP contribution in [0.3, 0.4) is 0 Å². The van der Waals surface area contributed by atoms with Crippen molar-refractivity contribution < 1.29 is 26.3 Å². The summed E-state index contributed by atoms with van der Waals surface area (Å²) in [5.41, 5.74) is -1.49. The van der Waals surface area contributed by atoms with Crippen LogP contribution >= 0.6 is 0 Å². The summed E-state index contributed by atoms with van der Waals surface area (Å²) >= 11 is 0. The Balaban J connectivity index is 0.00000114. The molecule has 0 spiro atoms. The third-order valence-corrected chi connectivity index (χ3v) is 5.05. The number of hydrazone groups is 1. The molecule has 32 heavy (non-hydrogen) atoms. The van der Waals surface area contributed by atoms with Crippen molar-refractivity contribution in [3.63, 3.8) is 0 Å². The molecule has 11 heteroatoms. The van der Waals surface area contributed by atoms with Gasteiger partial charge in [-0.25, -0.2) is 10.0 Å². The number of piperazine rings is 1. The van der Waals surface area contributed by atoms with Crippen molar-refractivity contribution in [1.29, 1.82) is 0 Å². The number of benzene rings is 1.